The molecule has 0 atom stereocenters. The first-order chi connectivity index (χ1) is 10.8. The lowest BCUT2D eigenvalue weighted by atomic mass is 10.2. The van der Waals surface area contributed by atoms with Crippen molar-refractivity contribution in [1.82, 2.24) is 15.3 Å². The molecule has 0 saturated carbocycles. The SMILES string of the molecule is CCCCCNc1ccnc(C(=O)NCc2ccccn2)c1. The van der Waals surface area contributed by atoms with Crippen LogP contribution in [0.4, 0.5) is 5.69 Å². The van der Waals surface area contributed by atoms with Crippen molar-refractivity contribution in [2.75, 3.05) is 11.9 Å². The molecule has 0 aliphatic heterocycles. The van der Waals surface area contributed by atoms with E-state index in [4.69, 9.17) is 0 Å². The predicted molar refractivity (Wildman–Crippen MR) is 87.7 cm³/mol. The number of hydrogen-bond acceptors (Lipinski definition) is 4. The van der Waals surface area contributed by atoms with Crippen LogP contribution in [-0.2, 0) is 6.54 Å². The Kier molecular flexibility index (Phi) is 6.36. The van der Waals surface area contributed by atoms with Crippen LogP contribution in [-0.4, -0.2) is 22.4 Å². The van der Waals surface area contributed by atoms with Gasteiger partial charge in [0, 0.05) is 24.6 Å². The first-order valence-corrected chi connectivity index (χ1v) is 7.67. The minimum absolute atomic E-state index is 0.192. The molecular weight excluding hydrogens is 276 g/mol. The molecule has 2 N–H and O–H groups in total. The highest BCUT2D eigenvalue weighted by atomic mass is 16.1. The molecule has 0 saturated heterocycles. The number of carbonyl (C=O) groups is 1. The molecule has 2 aromatic heterocycles. The molecule has 0 unspecified atom stereocenters. The maximum atomic E-state index is 12.1. The topological polar surface area (TPSA) is 66.9 Å². The summed E-state index contributed by atoms with van der Waals surface area (Å²) in [7, 11) is 0. The van der Waals surface area contributed by atoms with E-state index < -0.39 is 0 Å². The summed E-state index contributed by atoms with van der Waals surface area (Å²) in [6.07, 6.45) is 6.88. The summed E-state index contributed by atoms with van der Waals surface area (Å²) < 4.78 is 0. The summed E-state index contributed by atoms with van der Waals surface area (Å²) in [5.41, 5.74) is 2.16. The van der Waals surface area contributed by atoms with Crippen molar-refractivity contribution >= 4 is 11.6 Å². The van der Waals surface area contributed by atoms with Crippen LogP contribution in [0, 0.1) is 0 Å². The lowest BCUT2D eigenvalue weighted by Crippen LogP contribution is -2.24. The lowest BCUT2D eigenvalue weighted by Gasteiger charge is -2.08. The van der Waals surface area contributed by atoms with Crippen molar-refractivity contribution in [1.29, 1.82) is 0 Å². The zero-order valence-electron chi connectivity index (χ0n) is 12.9. The van der Waals surface area contributed by atoms with Crippen LogP contribution in [0.15, 0.2) is 42.7 Å². The number of amides is 1. The van der Waals surface area contributed by atoms with Crippen molar-refractivity contribution in [3.8, 4) is 0 Å². The molecule has 2 rings (SSSR count). The highest BCUT2D eigenvalue weighted by Gasteiger charge is 2.07. The monoisotopic (exact) mass is 298 g/mol. The zero-order valence-corrected chi connectivity index (χ0v) is 12.9. The van der Waals surface area contributed by atoms with Gasteiger partial charge < -0.3 is 10.6 Å². The molecule has 1 amide bonds. The third kappa shape index (κ3) is 5.16. The van der Waals surface area contributed by atoms with Gasteiger partial charge in [-0.25, -0.2) is 0 Å². The zero-order chi connectivity index (χ0) is 15.6. The second-order valence-corrected chi connectivity index (χ2v) is 5.07. The van der Waals surface area contributed by atoms with Gasteiger partial charge in [-0.2, -0.15) is 0 Å². The number of hydrogen-bond donors (Lipinski definition) is 2. The molecular formula is C17H22N4O. The maximum Gasteiger partial charge on any atom is 0.270 e. The van der Waals surface area contributed by atoms with E-state index in [0.29, 0.717) is 12.2 Å². The normalized spacial score (nSPS) is 10.2. The van der Waals surface area contributed by atoms with Crippen LogP contribution in [0.1, 0.15) is 42.4 Å². The molecule has 22 heavy (non-hydrogen) atoms. The second-order valence-electron chi connectivity index (χ2n) is 5.07. The Morgan fingerprint density at radius 2 is 2.05 bits per heavy atom. The van der Waals surface area contributed by atoms with Crippen LogP contribution in [0.5, 0.6) is 0 Å². The van der Waals surface area contributed by atoms with Gasteiger partial charge in [-0.1, -0.05) is 25.8 Å². The summed E-state index contributed by atoms with van der Waals surface area (Å²) in [4.78, 5) is 20.4. The van der Waals surface area contributed by atoms with E-state index >= 15 is 0 Å². The van der Waals surface area contributed by atoms with Gasteiger partial charge in [-0.15, -0.1) is 0 Å². The van der Waals surface area contributed by atoms with Gasteiger partial charge >= 0.3 is 0 Å². The van der Waals surface area contributed by atoms with E-state index in [9.17, 15) is 4.79 Å². The first kappa shape index (κ1) is 15.9. The summed E-state index contributed by atoms with van der Waals surface area (Å²) in [6, 6.07) is 9.27. The number of anilines is 1. The molecule has 0 spiro atoms. The third-order valence-electron chi connectivity index (χ3n) is 3.26. The number of aromatic nitrogens is 2. The van der Waals surface area contributed by atoms with E-state index in [1.54, 1.807) is 18.5 Å². The Labute approximate surface area is 131 Å². The quantitative estimate of drug-likeness (QED) is 0.735. The Balaban J connectivity index is 1.86. The lowest BCUT2D eigenvalue weighted by molar-refractivity contribution is 0.0945. The summed E-state index contributed by atoms with van der Waals surface area (Å²) in [5, 5.41) is 6.14. The summed E-state index contributed by atoms with van der Waals surface area (Å²) in [5.74, 6) is -0.192. The van der Waals surface area contributed by atoms with E-state index in [1.807, 2.05) is 24.3 Å². The number of rotatable bonds is 8. The molecule has 0 radical (unpaired) electrons. The van der Waals surface area contributed by atoms with Crippen LogP contribution in [0.2, 0.25) is 0 Å². The summed E-state index contributed by atoms with van der Waals surface area (Å²) in [6.45, 7) is 3.48. The fraction of sp³-hybridized carbons (Fsp3) is 0.353. The Bertz CT molecular complexity index is 586. The van der Waals surface area contributed by atoms with Gasteiger partial charge in [-0.3, -0.25) is 14.8 Å². The Morgan fingerprint density at radius 1 is 1.14 bits per heavy atom. The maximum absolute atomic E-state index is 12.1. The minimum atomic E-state index is -0.192. The van der Waals surface area contributed by atoms with E-state index in [0.717, 1.165) is 24.3 Å². The van der Waals surface area contributed by atoms with E-state index in [1.165, 1.54) is 12.8 Å². The van der Waals surface area contributed by atoms with Crippen molar-refractivity contribution in [2.24, 2.45) is 0 Å². The molecule has 5 nitrogen and oxygen atoms in total. The van der Waals surface area contributed by atoms with E-state index in [-0.39, 0.29) is 5.91 Å². The van der Waals surface area contributed by atoms with Gasteiger partial charge in [0.15, 0.2) is 0 Å². The van der Waals surface area contributed by atoms with Crippen LogP contribution in [0.3, 0.4) is 0 Å². The number of pyridine rings is 2. The third-order valence-corrected chi connectivity index (χ3v) is 3.26. The van der Waals surface area contributed by atoms with Crippen LogP contribution < -0.4 is 10.6 Å². The molecule has 0 aromatic carbocycles. The largest absolute Gasteiger partial charge is 0.385 e. The number of carbonyl (C=O) groups excluding carboxylic acids is 1. The first-order valence-electron chi connectivity index (χ1n) is 7.67. The average molecular weight is 298 g/mol. The van der Waals surface area contributed by atoms with E-state index in [2.05, 4.69) is 27.5 Å². The van der Waals surface area contributed by atoms with Crippen molar-refractivity contribution in [2.45, 2.75) is 32.7 Å². The molecule has 5 heteroatoms. The number of unbranched alkanes of at least 4 members (excludes halogenated alkanes) is 2. The fourth-order valence-electron chi connectivity index (χ4n) is 2.04. The van der Waals surface area contributed by atoms with Crippen molar-refractivity contribution < 1.29 is 4.79 Å². The molecule has 116 valence electrons. The standard InChI is InChI=1S/C17H22N4O/c1-2-3-5-9-18-14-8-11-20-16(12-14)17(22)21-13-15-7-4-6-10-19-15/h4,6-8,10-12H,2-3,5,9,13H2,1H3,(H,18,20)(H,21,22). The van der Waals surface area contributed by atoms with Crippen LogP contribution in [0.25, 0.3) is 0 Å². The van der Waals surface area contributed by atoms with Gasteiger partial charge in [0.1, 0.15) is 5.69 Å². The highest BCUT2D eigenvalue weighted by Crippen LogP contribution is 2.09. The smallest absolute Gasteiger partial charge is 0.270 e. The average Bonchev–Trinajstić information content (AvgIpc) is 2.58. The predicted octanol–water partition coefficient (Wildman–Crippen LogP) is 3.01. The number of nitrogens with one attached hydrogen (secondary N) is 2. The fourth-order valence-corrected chi connectivity index (χ4v) is 2.04. The molecule has 2 heterocycles. The molecule has 0 aliphatic rings. The van der Waals surface area contributed by atoms with Gasteiger partial charge in [0.2, 0.25) is 0 Å². The molecule has 0 bridgehead atoms. The second kappa shape index (κ2) is 8.77. The summed E-state index contributed by atoms with van der Waals surface area (Å²) >= 11 is 0. The minimum Gasteiger partial charge on any atom is -0.385 e. The Morgan fingerprint density at radius 3 is 2.82 bits per heavy atom. The number of nitrogens with zero attached hydrogens (tertiary/aromatic N) is 2. The van der Waals surface area contributed by atoms with Gasteiger partial charge in [-0.05, 0) is 30.7 Å². The molecule has 0 aliphatic carbocycles. The highest BCUT2D eigenvalue weighted by molar-refractivity contribution is 5.93. The van der Waals surface area contributed by atoms with Crippen molar-refractivity contribution in [3.63, 3.8) is 0 Å². The Hall–Kier alpha value is -2.43. The van der Waals surface area contributed by atoms with Gasteiger partial charge in [0.05, 0.1) is 12.2 Å². The molecule has 2 aromatic rings. The van der Waals surface area contributed by atoms with Crippen LogP contribution >= 0.6 is 0 Å². The van der Waals surface area contributed by atoms with Crippen molar-refractivity contribution in [3.05, 3.63) is 54.1 Å². The van der Waals surface area contributed by atoms with Gasteiger partial charge in [0.25, 0.3) is 5.91 Å². The molecule has 0 fully saturated rings.